The smallest absolute Gasteiger partial charge is 0.306 e. The van der Waals surface area contributed by atoms with E-state index in [1.807, 2.05) is 60.7 Å². The second-order valence-electron chi connectivity index (χ2n) is 13.3. The van der Waals surface area contributed by atoms with Crippen LogP contribution in [-0.2, 0) is 35.2 Å². The third kappa shape index (κ3) is 8.05. The lowest BCUT2D eigenvalue weighted by molar-refractivity contribution is -0.148. The molecule has 0 aliphatic carbocycles. The van der Waals surface area contributed by atoms with E-state index in [1.165, 1.54) is 0 Å². The molecule has 0 saturated carbocycles. The van der Waals surface area contributed by atoms with Crippen LogP contribution in [0.4, 0.5) is 0 Å². The minimum absolute atomic E-state index is 0.0808. The lowest BCUT2D eigenvalue weighted by atomic mass is 9.70. The number of aliphatic hydroxyl groups is 1. The number of amides is 3. The first-order valence-electron chi connectivity index (χ1n) is 17.5. The average molecular weight is 751 g/mol. The first-order valence-corrected chi connectivity index (χ1v) is 18.5. The summed E-state index contributed by atoms with van der Waals surface area (Å²) in [6, 6.07) is 17.3. The second-order valence-corrected chi connectivity index (χ2v) is 14.5. The molecule has 0 aromatic heterocycles. The van der Waals surface area contributed by atoms with E-state index in [0.29, 0.717) is 38.8 Å². The van der Waals surface area contributed by atoms with Gasteiger partial charge in [-0.1, -0.05) is 102 Å². The number of esters is 1. The third-order valence-corrected chi connectivity index (χ3v) is 10.8. The molecule has 2 N–H and O–H groups in total. The molecule has 1 spiro atoms. The van der Waals surface area contributed by atoms with Gasteiger partial charge in [-0.3, -0.25) is 19.2 Å². The van der Waals surface area contributed by atoms with Gasteiger partial charge in [0.05, 0.1) is 24.0 Å². The number of halogens is 1. The Bertz CT molecular complexity index is 1510. The van der Waals surface area contributed by atoms with Gasteiger partial charge >= 0.3 is 5.97 Å². The molecule has 7 atom stereocenters. The van der Waals surface area contributed by atoms with Crippen LogP contribution in [-0.4, -0.2) is 87.5 Å². The molecule has 268 valence electrons. The molecule has 3 aliphatic heterocycles. The van der Waals surface area contributed by atoms with Gasteiger partial charge in [-0.2, -0.15) is 0 Å². The predicted molar refractivity (Wildman–Crippen MR) is 193 cm³/mol. The molecular formula is C39H48BrN3O7. The zero-order valence-electron chi connectivity index (χ0n) is 28.5. The van der Waals surface area contributed by atoms with E-state index < -0.39 is 47.5 Å². The largest absolute Gasteiger partial charge is 0.463 e. The Morgan fingerprint density at radius 1 is 1.06 bits per heavy atom. The quantitative estimate of drug-likeness (QED) is 0.0909. The van der Waals surface area contributed by atoms with Crippen molar-refractivity contribution in [3.63, 3.8) is 0 Å². The lowest BCUT2D eigenvalue weighted by Crippen LogP contribution is -2.57. The number of aliphatic hydroxyl groups excluding tert-OH is 1. The number of hydrogen-bond acceptors (Lipinski definition) is 7. The summed E-state index contributed by atoms with van der Waals surface area (Å²) in [6.45, 7) is 8.50. The first kappa shape index (κ1) is 37.5. The number of likely N-dealkylation sites (tertiary alicyclic amines) is 1. The van der Waals surface area contributed by atoms with Gasteiger partial charge in [-0.05, 0) is 36.8 Å². The van der Waals surface area contributed by atoms with Crippen LogP contribution in [0.2, 0.25) is 0 Å². The molecule has 3 fully saturated rings. The minimum atomic E-state index is -1.21. The average Bonchev–Trinajstić information content (AvgIpc) is 3.72. The number of carbonyl (C=O) groups excluding carboxylic acids is 4. The number of nitrogens with one attached hydrogen (secondary N) is 1. The van der Waals surface area contributed by atoms with Crippen LogP contribution >= 0.6 is 15.9 Å². The summed E-state index contributed by atoms with van der Waals surface area (Å²) >= 11 is 3.76. The third-order valence-electron chi connectivity index (χ3n) is 9.99. The Morgan fingerprint density at radius 2 is 1.76 bits per heavy atom. The highest BCUT2D eigenvalue weighted by Gasteiger charge is 2.76. The van der Waals surface area contributed by atoms with Crippen LogP contribution in [0, 0.1) is 11.8 Å². The Labute approximate surface area is 303 Å². The summed E-state index contributed by atoms with van der Waals surface area (Å²) in [4.78, 5) is 59.2. The summed E-state index contributed by atoms with van der Waals surface area (Å²) in [5, 5.41) is 12.4. The van der Waals surface area contributed by atoms with Gasteiger partial charge in [0.15, 0.2) is 0 Å². The Kier molecular flexibility index (Phi) is 13.0. The molecule has 2 bridgehead atoms. The van der Waals surface area contributed by atoms with E-state index in [9.17, 15) is 24.3 Å². The molecule has 3 heterocycles. The summed E-state index contributed by atoms with van der Waals surface area (Å²) in [5.41, 5.74) is 0.485. The molecule has 50 heavy (non-hydrogen) atoms. The fraction of sp³-hybridized carbons (Fsp3) is 0.487. The molecule has 3 aliphatic rings. The van der Waals surface area contributed by atoms with E-state index >= 15 is 0 Å². The Balaban J connectivity index is 1.44. The van der Waals surface area contributed by atoms with Crippen molar-refractivity contribution in [1.29, 1.82) is 0 Å². The fourth-order valence-electron chi connectivity index (χ4n) is 7.70. The van der Waals surface area contributed by atoms with Crippen LogP contribution < -0.4 is 5.32 Å². The van der Waals surface area contributed by atoms with Crippen LogP contribution in [0.25, 0.3) is 0 Å². The summed E-state index contributed by atoms with van der Waals surface area (Å²) in [7, 11) is 0. The number of nitrogens with zero attached hydrogens (tertiary/aromatic N) is 2. The molecule has 1 unspecified atom stereocenters. The van der Waals surface area contributed by atoms with Gasteiger partial charge < -0.3 is 29.7 Å². The maximum Gasteiger partial charge on any atom is 0.306 e. The maximum atomic E-state index is 14.7. The van der Waals surface area contributed by atoms with E-state index in [4.69, 9.17) is 9.47 Å². The lowest BCUT2D eigenvalue weighted by Gasteiger charge is -2.37. The summed E-state index contributed by atoms with van der Waals surface area (Å²) in [5.74, 6) is -3.04. The minimum Gasteiger partial charge on any atom is -0.463 e. The van der Waals surface area contributed by atoms with Gasteiger partial charge in [0.1, 0.15) is 18.2 Å². The van der Waals surface area contributed by atoms with Crippen LogP contribution in [0.5, 0.6) is 0 Å². The van der Waals surface area contributed by atoms with Crippen LogP contribution in [0.1, 0.15) is 62.1 Å². The predicted octanol–water partition coefficient (Wildman–Crippen LogP) is 4.87. The second kappa shape index (κ2) is 17.4. The number of alkyl halides is 1. The van der Waals surface area contributed by atoms with Gasteiger partial charge in [0.25, 0.3) is 0 Å². The van der Waals surface area contributed by atoms with Gasteiger partial charge in [-0.15, -0.1) is 13.2 Å². The molecule has 10 nitrogen and oxygen atoms in total. The summed E-state index contributed by atoms with van der Waals surface area (Å²) in [6.07, 6.45) is 6.63. The molecule has 0 radical (unpaired) electrons. The normalized spacial score (nSPS) is 25.5. The molecule has 3 saturated heterocycles. The molecule has 2 aromatic rings. The van der Waals surface area contributed by atoms with Gasteiger partial charge in [0.2, 0.25) is 17.7 Å². The summed E-state index contributed by atoms with van der Waals surface area (Å²) < 4.78 is 12.3. The first-order chi connectivity index (χ1) is 24.2. The Hall–Kier alpha value is -3.80. The highest BCUT2D eigenvalue weighted by atomic mass is 79.9. The number of benzene rings is 2. The number of fused-ring (bicyclic) bond motifs is 1. The van der Waals surface area contributed by atoms with Crippen molar-refractivity contribution >= 4 is 39.6 Å². The number of rotatable bonds is 19. The topological polar surface area (TPSA) is 125 Å². The number of hydrogen-bond donors (Lipinski definition) is 2. The van der Waals surface area contributed by atoms with Gasteiger partial charge in [-0.25, -0.2) is 0 Å². The molecular weight excluding hydrogens is 702 g/mol. The van der Waals surface area contributed by atoms with E-state index in [1.54, 1.807) is 22.0 Å². The highest BCUT2D eigenvalue weighted by molar-refractivity contribution is 9.09. The van der Waals surface area contributed by atoms with Crippen LogP contribution in [0.3, 0.4) is 0 Å². The molecule has 5 rings (SSSR count). The Morgan fingerprint density at radius 3 is 2.44 bits per heavy atom. The standard InChI is InChI=1S/C39H48BrN3O7/c1-3-5-20-31(45)49-26-30(28-18-12-9-13-19-28)41-36(46)32-33-37(47)43(22-14-6-7-15-23-44)35(39(33)24-29(40)34(32)50-39)38(48)42(21-4-2)25-27-16-10-8-11-17-27/h3-4,8-13,16-19,29-30,32-35,44H,1-2,5-7,14-15,20-26H2,(H,41,46)/t29?,30-,32-,33+,34-,35-,39+/m1/s1. The number of ether oxygens (including phenoxy) is 2. The zero-order valence-corrected chi connectivity index (χ0v) is 30.0. The zero-order chi connectivity index (χ0) is 35.7. The van der Waals surface area contributed by atoms with Crippen molar-refractivity contribution in [2.75, 3.05) is 26.3 Å². The number of carbonyl (C=O) groups is 4. The SMILES string of the molecule is C=CCCC(=O)OC[C@@H](NC(=O)[C@H]1[C@@H]2O[C@@]3(CC2Br)[C@@H]1C(=O)N(CCCCCCO)[C@@H]3C(=O)N(CC=C)Cc1ccccc1)c1ccccc1. The fourth-order valence-corrected chi connectivity index (χ4v) is 8.65. The van der Waals surface area contributed by atoms with Crippen LogP contribution in [0.15, 0.2) is 86.0 Å². The van der Waals surface area contributed by atoms with Crippen molar-refractivity contribution < 1.29 is 33.8 Å². The van der Waals surface area contributed by atoms with E-state index in [0.717, 1.165) is 24.0 Å². The maximum absolute atomic E-state index is 14.7. The molecule has 11 heteroatoms. The molecule has 2 aromatic carbocycles. The van der Waals surface area contributed by atoms with Crippen molar-refractivity contribution in [2.24, 2.45) is 11.8 Å². The van der Waals surface area contributed by atoms with Crippen molar-refractivity contribution in [3.8, 4) is 0 Å². The van der Waals surface area contributed by atoms with E-state index in [2.05, 4.69) is 34.4 Å². The van der Waals surface area contributed by atoms with Crippen molar-refractivity contribution in [3.05, 3.63) is 97.1 Å². The number of unbranched alkanes of at least 4 members (excludes halogenated alkanes) is 3. The molecule has 3 amide bonds. The van der Waals surface area contributed by atoms with Crippen molar-refractivity contribution in [1.82, 2.24) is 15.1 Å². The van der Waals surface area contributed by atoms with Gasteiger partial charge in [0, 0.05) is 37.5 Å². The number of allylic oxidation sites excluding steroid dienone is 1. The highest BCUT2D eigenvalue weighted by Crippen LogP contribution is 2.60. The van der Waals surface area contributed by atoms with E-state index in [-0.39, 0.29) is 42.8 Å². The van der Waals surface area contributed by atoms with Crippen molar-refractivity contribution in [2.45, 2.75) is 80.1 Å². The monoisotopic (exact) mass is 749 g/mol.